The molecule has 0 bridgehead atoms. The van der Waals surface area contributed by atoms with Gasteiger partial charge in [0.2, 0.25) is 11.8 Å². The standard InChI is InChI=1S/C14H20N2O3/c17-13-11-3-1-2-4-12(11)14(18)16(13)6-5-15-7-9-19-10-8-15/h1-2,11-12H,3-10H2. The molecule has 2 saturated heterocycles. The Labute approximate surface area is 113 Å². The maximum atomic E-state index is 12.3. The molecule has 0 aromatic carbocycles. The van der Waals surface area contributed by atoms with Crippen molar-refractivity contribution in [2.45, 2.75) is 12.8 Å². The monoisotopic (exact) mass is 264 g/mol. The molecule has 3 rings (SSSR count). The first-order chi connectivity index (χ1) is 9.27. The van der Waals surface area contributed by atoms with Gasteiger partial charge in [0.1, 0.15) is 0 Å². The van der Waals surface area contributed by atoms with Crippen molar-refractivity contribution in [1.29, 1.82) is 0 Å². The topological polar surface area (TPSA) is 49.9 Å². The molecular weight excluding hydrogens is 244 g/mol. The maximum Gasteiger partial charge on any atom is 0.233 e. The summed E-state index contributed by atoms with van der Waals surface area (Å²) >= 11 is 0. The summed E-state index contributed by atoms with van der Waals surface area (Å²) in [6.07, 6.45) is 5.50. The second-order valence-electron chi connectivity index (χ2n) is 5.44. The summed E-state index contributed by atoms with van der Waals surface area (Å²) < 4.78 is 5.29. The van der Waals surface area contributed by atoms with Crippen molar-refractivity contribution in [1.82, 2.24) is 9.80 Å². The Kier molecular flexibility index (Phi) is 3.66. The number of carbonyl (C=O) groups excluding carboxylic acids is 2. The Hall–Kier alpha value is -1.20. The van der Waals surface area contributed by atoms with E-state index in [0.717, 1.165) is 45.7 Å². The lowest BCUT2D eigenvalue weighted by Gasteiger charge is -2.28. The molecule has 5 nitrogen and oxygen atoms in total. The Morgan fingerprint density at radius 2 is 1.58 bits per heavy atom. The maximum absolute atomic E-state index is 12.3. The summed E-state index contributed by atoms with van der Waals surface area (Å²) in [5.41, 5.74) is 0. The largest absolute Gasteiger partial charge is 0.379 e. The minimum Gasteiger partial charge on any atom is -0.379 e. The van der Waals surface area contributed by atoms with Crippen molar-refractivity contribution in [2.24, 2.45) is 11.8 Å². The average Bonchev–Trinajstić information content (AvgIpc) is 2.71. The number of ether oxygens (including phenoxy) is 1. The summed E-state index contributed by atoms with van der Waals surface area (Å²) in [5, 5.41) is 0. The second kappa shape index (κ2) is 5.43. The summed E-state index contributed by atoms with van der Waals surface area (Å²) in [5.74, 6) is -0.121. The third-order valence-electron chi connectivity index (χ3n) is 4.34. The Balaban J connectivity index is 1.59. The molecule has 2 amide bonds. The van der Waals surface area contributed by atoms with E-state index in [1.54, 1.807) is 0 Å². The number of amides is 2. The van der Waals surface area contributed by atoms with Crippen molar-refractivity contribution in [3.8, 4) is 0 Å². The molecule has 19 heavy (non-hydrogen) atoms. The van der Waals surface area contributed by atoms with Gasteiger partial charge in [-0.05, 0) is 12.8 Å². The van der Waals surface area contributed by atoms with E-state index in [0.29, 0.717) is 6.54 Å². The van der Waals surface area contributed by atoms with E-state index >= 15 is 0 Å². The van der Waals surface area contributed by atoms with Gasteiger partial charge in [-0.1, -0.05) is 12.2 Å². The number of rotatable bonds is 3. The van der Waals surface area contributed by atoms with Crippen LogP contribution in [0.5, 0.6) is 0 Å². The van der Waals surface area contributed by atoms with Crippen LogP contribution in [-0.4, -0.2) is 61.0 Å². The lowest BCUT2D eigenvalue weighted by atomic mass is 9.85. The highest BCUT2D eigenvalue weighted by Gasteiger charge is 2.46. The lowest BCUT2D eigenvalue weighted by Crippen LogP contribution is -2.43. The number of likely N-dealkylation sites (tertiary alicyclic amines) is 1. The van der Waals surface area contributed by atoms with Crippen LogP contribution in [0.1, 0.15) is 12.8 Å². The molecule has 0 spiro atoms. The minimum absolute atomic E-state index is 0.0348. The number of fused-ring (bicyclic) bond motifs is 1. The molecule has 2 aliphatic heterocycles. The van der Waals surface area contributed by atoms with Crippen LogP contribution in [0.2, 0.25) is 0 Å². The van der Waals surface area contributed by atoms with Gasteiger partial charge in [-0.3, -0.25) is 19.4 Å². The van der Waals surface area contributed by atoms with Crippen LogP contribution in [0.25, 0.3) is 0 Å². The number of morpholine rings is 1. The number of nitrogens with zero attached hydrogens (tertiary/aromatic N) is 2. The van der Waals surface area contributed by atoms with Crippen LogP contribution in [0.3, 0.4) is 0 Å². The molecule has 0 radical (unpaired) electrons. The van der Waals surface area contributed by atoms with Crippen LogP contribution in [-0.2, 0) is 14.3 Å². The first-order valence-electron chi connectivity index (χ1n) is 7.07. The van der Waals surface area contributed by atoms with E-state index in [1.165, 1.54) is 4.90 Å². The summed E-state index contributed by atoms with van der Waals surface area (Å²) in [4.78, 5) is 28.2. The molecule has 2 heterocycles. The van der Waals surface area contributed by atoms with E-state index in [4.69, 9.17) is 4.74 Å². The fourth-order valence-corrected chi connectivity index (χ4v) is 3.16. The first-order valence-corrected chi connectivity index (χ1v) is 7.07. The normalized spacial score (nSPS) is 31.9. The van der Waals surface area contributed by atoms with Gasteiger partial charge in [0, 0.05) is 26.2 Å². The lowest BCUT2D eigenvalue weighted by molar-refractivity contribution is -0.140. The van der Waals surface area contributed by atoms with E-state index in [-0.39, 0.29) is 23.7 Å². The number of hydrogen-bond acceptors (Lipinski definition) is 4. The molecule has 0 aromatic rings. The molecule has 1 aliphatic carbocycles. The fourth-order valence-electron chi connectivity index (χ4n) is 3.16. The van der Waals surface area contributed by atoms with Crippen LogP contribution in [0.15, 0.2) is 12.2 Å². The average molecular weight is 264 g/mol. The third kappa shape index (κ3) is 2.44. The van der Waals surface area contributed by atoms with Crippen molar-refractivity contribution in [3.05, 3.63) is 12.2 Å². The SMILES string of the molecule is O=C1C2CC=CCC2C(=O)N1CCN1CCOCC1. The van der Waals surface area contributed by atoms with E-state index in [2.05, 4.69) is 4.90 Å². The second-order valence-corrected chi connectivity index (χ2v) is 5.44. The molecule has 2 unspecified atom stereocenters. The van der Waals surface area contributed by atoms with Crippen LogP contribution in [0.4, 0.5) is 0 Å². The molecule has 2 atom stereocenters. The van der Waals surface area contributed by atoms with Gasteiger partial charge < -0.3 is 4.74 Å². The summed E-state index contributed by atoms with van der Waals surface area (Å²) in [6, 6.07) is 0. The van der Waals surface area contributed by atoms with E-state index < -0.39 is 0 Å². The zero-order chi connectivity index (χ0) is 13.2. The molecule has 0 aromatic heterocycles. The number of allylic oxidation sites excluding steroid dienone is 2. The van der Waals surface area contributed by atoms with Gasteiger partial charge in [-0.15, -0.1) is 0 Å². The van der Waals surface area contributed by atoms with Crippen molar-refractivity contribution < 1.29 is 14.3 Å². The Morgan fingerprint density at radius 1 is 1.00 bits per heavy atom. The Bertz CT molecular complexity index is 375. The van der Waals surface area contributed by atoms with E-state index in [9.17, 15) is 9.59 Å². The van der Waals surface area contributed by atoms with Gasteiger partial charge in [0.15, 0.2) is 0 Å². The highest BCUT2D eigenvalue weighted by atomic mass is 16.5. The molecule has 5 heteroatoms. The van der Waals surface area contributed by atoms with Crippen molar-refractivity contribution in [2.75, 3.05) is 39.4 Å². The Morgan fingerprint density at radius 3 is 2.16 bits per heavy atom. The van der Waals surface area contributed by atoms with Gasteiger partial charge in [0.25, 0.3) is 0 Å². The molecule has 2 fully saturated rings. The van der Waals surface area contributed by atoms with E-state index in [1.807, 2.05) is 12.2 Å². The molecule has 0 N–H and O–H groups in total. The van der Waals surface area contributed by atoms with Gasteiger partial charge in [-0.25, -0.2) is 0 Å². The fraction of sp³-hybridized carbons (Fsp3) is 0.714. The first kappa shape index (κ1) is 12.8. The molecular formula is C14H20N2O3. The highest BCUT2D eigenvalue weighted by molar-refractivity contribution is 6.05. The van der Waals surface area contributed by atoms with Gasteiger partial charge >= 0.3 is 0 Å². The van der Waals surface area contributed by atoms with Crippen molar-refractivity contribution in [3.63, 3.8) is 0 Å². The van der Waals surface area contributed by atoms with Crippen molar-refractivity contribution >= 4 is 11.8 Å². The smallest absolute Gasteiger partial charge is 0.233 e. The summed E-state index contributed by atoms with van der Waals surface area (Å²) in [6.45, 7) is 4.59. The van der Waals surface area contributed by atoms with Gasteiger partial charge in [0.05, 0.1) is 25.0 Å². The van der Waals surface area contributed by atoms with Crippen LogP contribution < -0.4 is 0 Å². The zero-order valence-corrected chi connectivity index (χ0v) is 11.1. The number of carbonyl (C=O) groups is 2. The zero-order valence-electron chi connectivity index (χ0n) is 11.1. The van der Waals surface area contributed by atoms with Gasteiger partial charge in [-0.2, -0.15) is 0 Å². The number of hydrogen-bond donors (Lipinski definition) is 0. The predicted molar refractivity (Wildman–Crippen MR) is 69.3 cm³/mol. The molecule has 3 aliphatic rings. The quantitative estimate of drug-likeness (QED) is 0.542. The number of imide groups is 1. The highest BCUT2D eigenvalue weighted by Crippen LogP contribution is 2.34. The third-order valence-corrected chi connectivity index (χ3v) is 4.34. The van der Waals surface area contributed by atoms with Crippen LogP contribution in [0, 0.1) is 11.8 Å². The summed E-state index contributed by atoms with van der Waals surface area (Å²) in [7, 11) is 0. The van der Waals surface area contributed by atoms with Crippen LogP contribution >= 0.6 is 0 Å². The molecule has 0 saturated carbocycles. The molecule has 104 valence electrons. The predicted octanol–water partition coefficient (Wildman–Crippen LogP) is 0.270. The minimum atomic E-state index is -0.0952.